The zero-order chi connectivity index (χ0) is 13.2. The van der Waals surface area contributed by atoms with Crippen molar-refractivity contribution >= 4 is 0 Å². The molecule has 0 aliphatic heterocycles. The number of allylic oxidation sites excluding steroid dienone is 2. The average Bonchev–Trinajstić information content (AvgIpc) is 2.40. The fourth-order valence-electron chi connectivity index (χ4n) is 1.65. The lowest BCUT2D eigenvalue weighted by Gasteiger charge is -2.11. The maximum atomic E-state index is 5.71. The predicted molar refractivity (Wildman–Crippen MR) is 76.4 cm³/mol. The van der Waals surface area contributed by atoms with Crippen LogP contribution in [0.3, 0.4) is 0 Å². The molecule has 0 spiro atoms. The highest BCUT2D eigenvalue weighted by Gasteiger charge is 2.04. The molecule has 2 nitrogen and oxygen atoms in total. The highest BCUT2D eigenvalue weighted by atomic mass is 16.5. The molecule has 98 valence electrons. The van der Waals surface area contributed by atoms with Gasteiger partial charge in [-0.3, -0.25) is 0 Å². The Morgan fingerprint density at radius 2 is 2.06 bits per heavy atom. The van der Waals surface area contributed by atoms with Crippen molar-refractivity contribution in [2.45, 2.75) is 26.2 Å². The molecule has 0 unspecified atom stereocenters. The molecule has 0 N–H and O–H groups in total. The van der Waals surface area contributed by atoms with Crippen LogP contribution in [0.5, 0.6) is 11.5 Å². The van der Waals surface area contributed by atoms with E-state index in [0.717, 1.165) is 30.8 Å². The Kier molecular flexibility index (Phi) is 6.70. The van der Waals surface area contributed by atoms with Crippen molar-refractivity contribution in [3.63, 3.8) is 0 Å². The molecule has 0 radical (unpaired) electrons. The van der Waals surface area contributed by atoms with E-state index >= 15 is 0 Å². The van der Waals surface area contributed by atoms with E-state index in [2.05, 4.69) is 25.7 Å². The van der Waals surface area contributed by atoms with Gasteiger partial charge in [0, 0.05) is 0 Å². The van der Waals surface area contributed by atoms with Crippen molar-refractivity contribution in [1.82, 2.24) is 0 Å². The fourth-order valence-corrected chi connectivity index (χ4v) is 1.65. The second-order valence-electron chi connectivity index (χ2n) is 3.99. The maximum absolute atomic E-state index is 5.71. The molecule has 18 heavy (non-hydrogen) atoms. The lowest BCUT2D eigenvalue weighted by molar-refractivity contribution is 0.299. The second-order valence-corrected chi connectivity index (χ2v) is 3.99. The first-order valence-electron chi connectivity index (χ1n) is 6.37. The van der Waals surface area contributed by atoms with Crippen molar-refractivity contribution < 1.29 is 9.47 Å². The molecule has 1 rings (SSSR count). The van der Waals surface area contributed by atoms with Gasteiger partial charge in [-0.2, -0.15) is 0 Å². The van der Waals surface area contributed by atoms with Gasteiger partial charge in [-0.05, 0) is 37.0 Å². The quantitative estimate of drug-likeness (QED) is 0.506. The van der Waals surface area contributed by atoms with Gasteiger partial charge < -0.3 is 9.47 Å². The van der Waals surface area contributed by atoms with Gasteiger partial charge in [0.15, 0.2) is 11.5 Å². The topological polar surface area (TPSA) is 18.5 Å². The highest BCUT2D eigenvalue weighted by Crippen LogP contribution is 2.28. The van der Waals surface area contributed by atoms with Crippen LogP contribution in [0.4, 0.5) is 0 Å². The van der Waals surface area contributed by atoms with Gasteiger partial charge in [-0.25, -0.2) is 0 Å². The van der Waals surface area contributed by atoms with E-state index in [4.69, 9.17) is 9.47 Å². The molecule has 1 aromatic carbocycles. The molecule has 0 bridgehead atoms. The Hall–Kier alpha value is -1.70. The van der Waals surface area contributed by atoms with Crippen molar-refractivity contribution in [3.8, 4) is 11.5 Å². The zero-order valence-electron chi connectivity index (χ0n) is 11.3. The van der Waals surface area contributed by atoms with Crippen LogP contribution in [0, 0.1) is 0 Å². The predicted octanol–water partition coefficient (Wildman–Crippen LogP) is 4.16. The van der Waals surface area contributed by atoms with Crippen molar-refractivity contribution in [3.05, 3.63) is 48.6 Å². The molecule has 0 aromatic heterocycles. The molecule has 0 aliphatic carbocycles. The Morgan fingerprint density at radius 1 is 1.22 bits per heavy atom. The largest absolute Gasteiger partial charge is 0.493 e. The summed E-state index contributed by atoms with van der Waals surface area (Å²) >= 11 is 0. The summed E-state index contributed by atoms with van der Waals surface area (Å²) in [5.74, 6) is 1.59. The summed E-state index contributed by atoms with van der Waals surface area (Å²) in [6.45, 7) is 6.53. The first-order chi connectivity index (χ1) is 8.81. The lowest BCUT2D eigenvalue weighted by atomic mass is 10.1. The minimum Gasteiger partial charge on any atom is -0.493 e. The maximum Gasteiger partial charge on any atom is 0.161 e. The van der Waals surface area contributed by atoms with E-state index in [-0.39, 0.29) is 0 Å². The number of benzene rings is 1. The van der Waals surface area contributed by atoms with E-state index in [1.807, 2.05) is 24.3 Å². The number of rotatable bonds is 8. The van der Waals surface area contributed by atoms with Crippen molar-refractivity contribution in [2.75, 3.05) is 13.7 Å². The molecule has 0 aliphatic rings. The Morgan fingerprint density at radius 3 is 2.72 bits per heavy atom. The molecule has 1 aromatic rings. The summed E-state index contributed by atoms with van der Waals surface area (Å²) in [6, 6.07) is 6.00. The molecule has 0 saturated heterocycles. The van der Waals surface area contributed by atoms with Crippen LogP contribution >= 0.6 is 0 Å². The zero-order valence-corrected chi connectivity index (χ0v) is 11.3. The van der Waals surface area contributed by atoms with Crippen molar-refractivity contribution in [2.24, 2.45) is 0 Å². The van der Waals surface area contributed by atoms with E-state index in [1.54, 1.807) is 7.11 Å². The van der Waals surface area contributed by atoms with Crippen LogP contribution in [-0.4, -0.2) is 13.7 Å². The molecular formula is C16H22O2. The number of hydrogen-bond acceptors (Lipinski definition) is 2. The van der Waals surface area contributed by atoms with Crippen LogP contribution in [-0.2, 0) is 6.42 Å². The standard InChI is InChI=1S/C16H22O2/c1-4-6-7-8-12-18-15-11-10-14(9-5-2)13-16(15)17-3/h5-7,10-11,13H,2,4,8-9,12H2,1,3H3/b7-6-. The Bertz CT molecular complexity index is 394. The fraction of sp³-hybridized carbons (Fsp3) is 0.375. The summed E-state index contributed by atoms with van der Waals surface area (Å²) < 4.78 is 11.0. The van der Waals surface area contributed by atoms with E-state index in [9.17, 15) is 0 Å². The van der Waals surface area contributed by atoms with E-state index in [0.29, 0.717) is 6.61 Å². The molecule has 0 heterocycles. The van der Waals surface area contributed by atoms with Crippen LogP contribution in [0.2, 0.25) is 0 Å². The third-order valence-corrected chi connectivity index (χ3v) is 2.55. The minimum atomic E-state index is 0.674. The molecule has 0 fully saturated rings. The van der Waals surface area contributed by atoms with Gasteiger partial charge in [0.25, 0.3) is 0 Å². The van der Waals surface area contributed by atoms with Crippen LogP contribution in [0.15, 0.2) is 43.0 Å². The smallest absolute Gasteiger partial charge is 0.161 e. The van der Waals surface area contributed by atoms with Gasteiger partial charge in [0.05, 0.1) is 13.7 Å². The molecule has 0 atom stereocenters. The molecular weight excluding hydrogens is 224 g/mol. The van der Waals surface area contributed by atoms with E-state index < -0.39 is 0 Å². The minimum absolute atomic E-state index is 0.674. The van der Waals surface area contributed by atoms with Crippen LogP contribution in [0.25, 0.3) is 0 Å². The molecule has 0 amide bonds. The molecule has 0 saturated carbocycles. The Labute approximate surface area is 110 Å². The summed E-state index contributed by atoms with van der Waals surface area (Å²) in [5, 5.41) is 0. The highest BCUT2D eigenvalue weighted by molar-refractivity contribution is 5.43. The second kappa shape index (κ2) is 8.40. The normalized spacial score (nSPS) is 10.6. The monoisotopic (exact) mass is 246 g/mol. The Balaban J connectivity index is 2.59. The summed E-state index contributed by atoms with van der Waals surface area (Å²) in [5.41, 5.74) is 1.18. The number of hydrogen-bond donors (Lipinski definition) is 0. The van der Waals surface area contributed by atoms with Gasteiger partial charge >= 0.3 is 0 Å². The van der Waals surface area contributed by atoms with Crippen molar-refractivity contribution in [1.29, 1.82) is 0 Å². The summed E-state index contributed by atoms with van der Waals surface area (Å²) in [4.78, 5) is 0. The van der Waals surface area contributed by atoms with Gasteiger partial charge in [0.1, 0.15) is 0 Å². The average molecular weight is 246 g/mol. The van der Waals surface area contributed by atoms with Crippen LogP contribution < -0.4 is 9.47 Å². The first-order valence-corrected chi connectivity index (χ1v) is 6.37. The van der Waals surface area contributed by atoms with Gasteiger partial charge in [0.2, 0.25) is 0 Å². The lowest BCUT2D eigenvalue weighted by Crippen LogP contribution is -1.98. The van der Waals surface area contributed by atoms with Crippen LogP contribution in [0.1, 0.15) is 25.3 Å². The number of methoxy groups -OCH3 is 1. The third-order valence-electron chi connectivity index (χ3n) is 2.55. The van der Waals surface area contributed by atoms with E-state index in [1.165, 1.54) is 5.56 Å². The summed E-state index contributed by atoms with van der Waals surface area (Å²) in [6.07, 6.45) is 9.00. The third kappa shape index (κ3) is 4.66. The SMILES string of the molecule is C=CCc1ccc(OCC/C=C\CC)c(OC)c1. The summed E-state index contributed by atoms with van der Waals surface area (Å²) in [7, 11) is 1.66. The van der Waals surface area contributed by atoms with Gasteiger partial charge in [-0.15, -0.1) is 6.58 Å². The number of ether oxygens (including phenoxy) is 2. The molecule has 2 heteroatoms. The first kappa shape index (κ1) is 14.4. The van der Waals surface area contributed by atoms with Gasteiger partial charge in [-0.1, -0.05) is 31.2 Å².